The van der Waals surface area contributed by atoms with Crippen molar-refractivity contribution in [1.29, 1.82) is 0 Å². The number of nitrogens with zero attached hydrogens (tertiary/aromatic N) is 3. The highest BCUT2D eigenvalue weighted by molar-refractivity contribution is 5.82. The van der Waals surface area contributed by atoms with Gasteiger partial charge in [-0.05, 0) is 51.5 Å². The average molecular weight is 480 g/mol. The molecule has 2 aromatic carbocycles. The molecule has 1 atom stereocenters. The van der Waals surface area contributed by atoms with Crippen molar-refractivity contribution < 1.29 is 19.1 Å². The number of rotatable bonds is 11. The predicted molar refractivity (Wildman–Crippen MR) is 135 cm³/mol. The van der Waals surface area contributed by atoms with Gasteiger partial charge in [0.1, 0.15) is 5.82 Å². The van der Waals surface area contributed by atoms with Crippen molar-refractivity contribution >= 4 is 22.8 Å². The van der Waals surface area contributed by atoms with Crippen molar-refractivity contribution in [2.45, 2.75) is 46.1 Å². The second-order valence-corrected chi connectivity index (χ2v) is 8.38. The molecule has 0 aliphatic carbocycles. The lowest BCUT2D eigenvalue weighted by molar-refractivity contribution is -0.146. The van der Waals surface area contributed by atoms with E-state index in [2.05, 4.69) is 0 Å². The highest BCUT2D eigenvalue weighted by Gasteiger charge is 2.27. The van der Waals surface area contributed by atoms with Crippen molar-refractivity contribution in [2.75, 3.05) is 26.9 Å². The van der Waals surface area contributed by atoms with Crippen LogP contribution in [-0.2, 0) is 19.1 Å². The molecular weight excluding hydrogens is 446 g/mol. The van der Waals surface area contributed by atoms with Crippen LogP contribution in [0, 0.1) is 6.92 Å². The first-order valence-electron chi connectivity index (χ1n) is 11.9. The molecule has 0 N–H and O–H groups in total. The Hall–Kier alpha value is -3.52. The van der Waals surface area contributed by atoms with Crippen molar-refractivity contribution in [3.63, 3.8) is 0 Å². The van der Waals surface area contributed by atoms with Crippen molar-refractivity contribution in [2.24, 2.45) is 0 Å². The van der Waals surface area contributed by atoms with Crippen LogP contribution in [0.2, 0.25) is 0 Å². The number of methoxy groups -OCH3 is 1. The van der Waals surface area contributed by atoms with Gasteiger partial charge in [-0.3, -0.25) is 19.0 Å². The zero-order chi connectivity index (χ0) is 25.4. The highest BCUT2D eigenvalue weighted by atomic mass is 16.5. The van der Waals surface area contributed by atoms with E-state index < -0.39 is 12.0 Å². The molecule has 1 aromatic heterocycles. The van der Waals surface area contributed by atoms with E-state index in [-0.39, 0.29) is 30.9 Å². The summed E-state index contributed by atoms with van der Waals surface area (Å²) >= 11 is 0. The average Bonchev–Trinajstić information content (AvgIpc) is 2.86. The minimum absolute atomic E-state index is 0.00388. The summed E-state index contributed by atoms with van der Waals surface area (Å²) < 4.78 is 11.7. The van der Waals surface area contributed by atoms with Gasteiger partial charge in [-0.15, -0.1) is 0 Å². The van der Waals surface area contributed by atoms with Gasteiger partial charge in [-0.2, -0.15) is 0 Å². The lowest BCUT2D eigenvalue weighted by atomic mass is 10.1. The fourth-order valence-corrected chi connectivity index (χ4v) is 4.01. The van der Waals surface area contributed by atoms with Gasteiger partial charge < -0.3 is 14.4 Å². The number of amides is 1. The Bertz CT molecular complexity index is 1220. The van der Waals surface area contributed by atoms with Gasteiger partial charge in [0.15, 0.2) is 0 Å². The lowest BCUT2D eigenvalue weighted by Crippen LogP contribution is -2.38. The summed E-state index contributed by atoms with van der Waals surface area (Å²) in [6.45, 7) is 6.71. The number of fused-ring (bicyclic) bond motifs is 1. The van der Waals surface area contributed by atoms with Crippen LogP contribution in [0.25, 0.3) is 16.6 Å². The first-order chi connectivity index (χ1) is 16.9. The number of esters is 1. The largest absolute Gasteiger partial charge is 0.466 e. The number of ether oxygens (including phenoxy) is 2. The van der Waals surface area contributed by atoms with Crippen LogP contribution >= 0.6 is 0 Å². The smallest absolute Gasteiger partial charge is 0.306 e. The molecule has 0 radical (unpaired) electrons. The van der Waals surface area contributed by atoms with Gasteiger partial charge in [0.2, 0.25) is 5.91 Å². The number of carbonyl (C=O) groups is 2. The third-order valence-corrected chi connectivity index (χ3v) is 5.85. The molecule has 3 aromatic rings. The van der Waals surface area contributed by atoms with Crippen LogP contribution in [0.4, 0.5) is 0 Å². The van der Waals surface area contributed by atoms with E-state index in [9.17, 15) is 14.4 Å². The Morgan fingerprint density at radius 3 is 2.49 bits per heavy atom. The van der Waals surface area contributed by atoms with Gasteiger partial charge in [-0.1, -0.05) is 29.8 Å². The molecule has 186 valence electrons. The van der Waals surface area contributed by atoms with E-state index in [1.54, 1.807) is 35.6 Å². The summed E-state index contributed by atoms with van der Waals surface area (Å²) in [5.74, 6) is -0.162. The third-order valence-electron chi connectivity index (χ3n) is 5.85. The predicted octanol–water partition coefficient (Wildman–Crippen LogP) is 3.96. The third kappa shape index (κ3) is 6.33. The lowest BCUT2D eigenvalue weighted by Gasteiger charge is -2.30. The van der Waals surface area contributed by atoms with Crippen molar-refractivity contribution in [1.82, 2.24) is 14.5 Å². The molecule has 1 heterocycles. The highest BCUT2D eigenvalue weighted by Crippen LogP contribution is 2.24. The van der Waals surface area contributed by atoms with Gasteiger partial charge >= 0.3 is 5.97 Å². The van der Waals surface area contributed by atoms with Gasteiger partial charge in [-0.25, -0.2) is 4.98 Å². The fourth-order valence-electron chi connectivity index (χ4n) is 4.01. The monoisotopic (exact) mass is 479 g/mol. The molecular formula is C27H33N3O5. The quantitative estimate of drug-likeness (QED) is 0.305. The van der Waals surface area contributed by atoms with Gasteiger partial charge in [0.05, 0.1) is 35.7 Å². The number of aryl methyl sites for hydroxylation is 1. The molecule has 8 heteroatoms. The van der Waals surface area contributed by atoms with Crippen LogP contribution in [0.5, 0.6) is 0 Å². The molecule has 8 nitrogen and oxygen atoms in total. The van der Waals surface area contributed by atoms with Crippen LogP contribution in [-0.4, -0.2) is 53.2 Å². The second-order valence-electron chi connectivity index (χ2n) is 8.38. The number of carbonyl (C=O) groups excluding carboxylic acids is 2. The van der Waals surface area contributed by atoms with Crippen molar-refractivity contribution in [3.05, 3.63) is 70.3 Å². The summed E-state index contributed by atoms with van der Waals surface area (Å²) in [7, 11) is 1.61. The molecule has 0 bridgehead atoms. The molecule has 0 fully saturated rings. The Labute approximate surface area is 205 Å². The van der Waals surface area contributed by atoms with E-state index in [4.69, 9.17) is 14.5 Å². The maximum Gasteiger partial charge on any atom is 0.306 e. The maximum absolute atomic E-state index is 13.6. The van der Waals surface area contributed by atoms with Crippen LogP contribution in [0.1, 0.15) is 50.5 Å². The van der Waals surface area contributed by atoms with Gasteiger partial charge in [0, 0.05) is 26.7 Å². The van der Waals surface area contributed by atoms with Crippen LogP contribution in [0.3, 0.4) is 0 Å². The molecule has 0 saturated heterocycles. The zero-order valence-corrected chi connectivity index (χ0v) is 20.8. The van der Waals surface area contributed by atoms with Crippen molar-refractivity contribution in [3.8, 4) is 5.69 Å². The van der Waals surface area contributed by atoms with Gasteiger partial charge in [0.25, 0.3) is 5.56 Å². The number of hydrogen-bond donors (Lipinski definition) is 0. The van der Waals surface area contributed by atoms with E-state index in [0.717, 1.165) is 5.56 Å². The molecule has 0 spiro atoms. The standard InChI is InChI=1S/C27H33N3O5/c1-5-35-25(32)16-15-24(31)29(17-8-18-34-4)20(3)26-28-23-10-7-6-9-22(23)27(33)30(26)21-13-11-19(2)12-14-21/h6-7,9-14,20H,5,8,15-18H2,1-4H3. The number of benzene rings is 2. The number of hydrogen-bond acceptors (Lipinski definition) is 6. The molecule has 3 rings (SSSR count). The Morgan fingerprint density at radius 2 is 1.80 bits per heavy atom. The van der Waals surface area contributed by atoms with E-state index >= 15 is 0 Å². The molecule has 1 amide bonds. The zero-order valence-electron chi connectivity index (χ0n) is 20.8. The summed E-state index contributed by atoms with van der Waals surface area (Å²) in [6, 6.07) is 14.3. The van der Waals surface area contributed by atoms with E-state index in [1.807, 2.05) is 50.2 Å². The molecule has 0 aliphatic rings. The van der Waals surface area contributed by atoms with Crippen LogP contribution in [0.15, 0.2) is 53.3 Å². The fraction of sp³-hybridized carbons (Fsp3) is 0.407. The molecule has 1 unspecified atom stereocenters. The number of para-hydroxylation sites is 1. The minimum atomic E-state index is -0.528. The molecule has 0 saturated carbocycles. The van der Waals surface area contributed by atoms with Crippen LogP contribution < -0.4 is 5.56 Å². The molecule has 35 heavy (non-hydrogen) atoms. The SMILES string of the molecule is CCOC(=O)CCC(=O)N(CCCOC)C(C)c1nc2ccccc2c(=O)n1-c1ccc(C)cc1. The first kappa shape index (κ1) is 26.1. The second kappa shape index (κ2) is 12.3. The summed E-state index contributed by atoms with van der Waals surface area (Å²) in [5.41, 5.74) is 2.12. The summed E-state index contributed by atoms with van der Waals surface area (Å²) in [4.78, 5) is 45.2. The Morgan fingerprint density at radius 1 is 1.09 bits per heavy atom. The minimum Gasteiger partial charge on any atom is -0.466 e. The maximum atomic E-state index is 13.6. The first-order valence-corrected chi connectivity index (χ1v) is 11.9. The Kier molecular flexibility index (Phi) is 9.14. The van der Waals surface area contributed by atoms with E-state index in [0.29, 0.717) is 42.0 Å². The number of aromatic nitrogens is 2. The normalized spacial score (nSPS) is 11.9. The van der Waals surface area contributed by atoms with E-state index in [1.165, 1.54) is 0 Å². The Balaban J connectivity index is 2.07. The molecule has 0 aliphatic heterocycles. The topological polar surface area (TPSA) is 90.7 Å². The summed E-state index contributed by atoms with van der Waals surface area (Å²) in [6.07, 6.45) is 0.614. The summed E-state index contributed by atoms with van der Waals surface area (Å²) in [5, 5.41) is 0.503.